The zero-order valence-electron chi connectivity index (χ0n) is 9.06. The molecule has 0 saturated heterocycles. The number of rotatable bonds is 2. The van der Waals surface area contributed by atoms with Gasteiger partial charge in [-0.05, 0) is 19.3 Å². The molecule has 0 unspecified atom stereocenters. The predicted octanol–water partition coefficient (Wildman–Crippen LogP) is 2.22. The van der Waals surface area contributed by atoms with Gasteiger partial charge in [-0.2, -0.15) is 0 Å². The summed E-state index contributed by atoms with van der Waals surface area (Å²) in [6, 6.07) is 0. The van der Waals surface area contributed by atoms with Crippen LogP contribution in [0.1, 0.15) is 32.1 Å². The normalized spacial score (nSPS) is 24.2. The van der Waals surface area contributed by atoms with E-state index in [-0.39, 0.29) is 6.42 Å². The molecule has 0 spiro atoms. The lowest BCUT2D eigenvalue weighted by Crippen LogP contribution is -2.37. The van der Waals surface area contributed by atoms with Gasteiger partial charge in [0.1, 0.15) is 0 Å². The summed E-state index contributed by atoms with van der Waals surface area (Å²) in [7, 11) is 0. The van der Waals surface area contributed by atoms with Crippen LogP contribution in [0.15, 0.2) is 24.3 Å². The molecule has 0 aromatic rings. The highest BCUT2D eigenvalue weighted by Crippen LogP contribution is 2.29. The van der Waals surface area contributed by atoms with Crippen LogP contribution in [0.2, 0.25) is 0 Å². The van der Waals surface area contributed by atoms with Crippen LogP contribution < -0.4 is 0 Å². The van der Waals surface area contributed by atoms with Gasteiger partial charge in [-0.15, -0.1) is 0 Å². The lowest BCUT2D eigenvalue weighted by Gasteiger charge is -2.21. The number of carboxylic acids is 2. The predicted molar refractivity (Wildman–Crippen MR) is 59.1 cm³/mol. The topological polar surface area (TPSA) is 74.6 Å². The molecule has 0 radical (unpaired) electrons. The van der Waals surface area contributed by atoms with Gasteiger partial charge in [0.05, 0.1) is 0 Å². The third kappa shape index (κ3) is 2.72. The monoisotopic (exact) mass is 224 g/mol. The second kappa shape index (κ2) is 5.49. The fourth-order valence-electron chi connectivity index (χ4n) is 1.77. The van der Waals surface area contributed by atoms with Gasteiger partial charge in [0.25, 0.3) is 0 Å². The summed E-state index contributed by atoms with van der Waals surface area (Å²) in [4.78, 5) is 22.2. The molecular weight excluding hydrogens is 208 g/mol. The third-order valence-corrected chi connectivity index (χ3v) is 2.83. The van der Waals surface area contributed by atoms with Crippen LogP contribution in [0.5, 0.6) is 0 Å². The Morgan fingerprint density at radius 2 is 1.69 bits per heavy atom. The minimum absolute atomic E-state index is 0.155. The minimum Gasteiger partial charge on any atom is -0.480 e. The Kier molecular flexibility index (Phi) is 4.28. The van der Waals surface area contributed by atoms with Gasteiger partial charge < -0.3 is 10.2 Å². The van der Waals surface area contributed by atoms with Gasteiger partial charge in [0, 0.05) is 0 Å². The van der Waals surface area contributed by atoms with Crippen LogP contribution in [-0.2, 0) is 9.59 Å². The smallest absolute Gasteiger partial charge is 0.324 e. The quantitative estimate of drug-likeness (QED) is 0.705. The molecule has 0 saturated carbocycles. The first-order valence-electron chi connectivity index (χ1n) is 5.41. The number of carboxylic acid groups (broad SMARTS) is 2. The molecule has 4 nitrogen and oxygen atoms in total. The second-order valence-corrected chi connectivity index (χ2v) is 3.97. The van der Waals surface area contributed by atoms with Gasteiger partial charge in [-0.1, -0.05) is 37.1 Å². The number of aliphatic carboxylic acids is 2. The van der Waals surface area contributed by atoms with Crippen LogP contribution in [0, 0.1) is 5.41 Å². The molecule has 16 heavy (non-hydrogen) atoms. The van der Waals surface area contributed by atoms with Crippen LogP contribution in [0.25, 0.3) is 0 Å². The Morgan fingerprint density at radius 1 is 1.00 bits per heavy atom. The number of carbonyl (C=O) groups is 2. The van der Waals surface area contributed by atoms with E-state index in [1.165, 1.54) is 12.2 Å². The average molecular weight is 224 g/mol. The third-order valence-electron chi connectivity index (χ3n) is 2.83. The zero-order chi connectivity index (χ0) is 12.0. The van der Waals surface area contributed by atoms with Crippen molar-refractivity contribution < 1.29 is 19.8 Å². The maximum atomic E-state index is 11.1. The van der Waals surface area contributed by atoms with Crippen LogP contribution in [-0.4, -0.2) is 22.2 Å². The summed E-state index contributed by atoms with van der Waals surface area (Å²) in [6.45, 7) is 0. The fourth-order valence-corrected chi connectivity index (χ4v) is 1.77. The molecule has 1 aliphatic carbocycles. The van der Waals surface area contributed by atoms with Crippen molar-refractivity contribution in [3.05, 3.63) is 24.3 Å². The molecule has 1 aliphatic rings. The fraction of sp³-hybridized carbons (Fsp3) is 0.500. The highest BCUT2D eigenvalue weighted by molar-refractivity contribution is 6.00. The van der Waals surface area contributed by atoms with Crippen LogP contribution >= 0.6 is 0 Å². The highest BCUT2D eigenvalue weighted by Gasteiger charge is 2.43. The Hall–Kier alpha value is -1.58. The molecule has 88 valence electrons. The number of hydrogen-bond donors (Lipinski definition) is 2. The van der Waals surface area contributed by atoms with Crippen molar-refractivity contribution in [2.45, 2.75) is 32.1 Å². The first-order valence-corrected chi connectivity index (χ1v) is 5.41. The summed E-state index contributed by atoms with van der Waals surface area (Å²) < 4.78 is 0. The highest BCUT2D eigenvalue weighted by atomic mass is 16.4. The van der Waals surface area contributed by atoms with Gasteiger partial charge in [-0.25, -0.2) is 0 Å². The SMILES string of the molecule is O=C(O)C1(C(=O)O)/C=C\C=C/CCCCC1. The molecule has 0 heterocycles. The summed E-state index contributed by atoms with van der Waals surface area (Å²) in [5, 5.41) is 18.2. The summed E-state index contributed by atoms with van der Waals surface area (Å²) in [5.74, 6) is -2.57. The molecular formula is C12H16O4. The molecule has 2 N–H and O–H groups in total. The summed E-state index contributed by atoms with van der Waals surface area (Å²) in [5.41, 5.74) is -1.76. The lowest BCUT2D eigenvalue weighted by atomic mass is 9.81. The van der Waals surface area contributed by atoms with Crippen molar-refractivity contribution in [3.8, 4) is 0 Å². The Labute approximate surface area is 94.3 Å². The van der Waals surface area contributed by atoms with Crippen molar-refractivity contribution in [2.75, 3.05) is 0 Å². The van der Waals surface area contributed by atoms with E-state index in [9.17, 15) is 9.59 Å². The van der Waals surface area contributed by atoms with Gasteiger partial charge >= 0.3 is 11.9 Å². The Bertz CT molecular complexity index is 314. The van der Waals surface area contributed by atoms with E-state index in [0.29, 0.717) is 6.42 Å². The summed E-state index contributed by atoms with van der Waals surface area (Å²) in [6.07, 6.45) is 10.0. The average Bonchev–Trinajstić information content (AvgIpc) is 2.24. The molecule has 0 amide bonds. The largest absolute Gasteiger partial charge is 0.480 e. The van der Waals surface area contributed by atoms with Crippen molar-refractivity contribution in [1.29, 1.82) is 0 Å². The van der Waals surface area contributed by atoms with Crippen molar-refractivity contribution in [2.24, 2.45) is 5.41 Å². The van der Waals surface area contributed by atoms with Gasteiger partial charge in [0.15, 0.2) is 5.41 Å². The van der Waals surface area contributed by atoms with Gasteiger partial charge in [0.2, 0.25) is 0 Å². The molecule has 0 atom stereocenters. The maximum absolute atomic E-state index is 11.1. The molecule has 0 aromatic carbocycles. The van der Waals surface area contributed by atoms with Crippen molar-refractivity contribution in [1.82, 2.24) is 0 Å². The standard InChI is InChI=1S/C12H16O4/c13-10(14)12(11(15)16)8-6-4-2-1-3-5-7-9-12/h2,4,6,8H,1,3,5,7,9H2,(H,13,14)(H,15,16)/b4-2-,8-6-. The maximum Gasteiger partial charge on any atom is 0.324 e. The van der Waals surface area contributed by atoms with Gasteiger partial charge in [-0.3, -0.25) is 9.59 Å². The van der Waals surface area contributed by atoms with E-state index >= 15 is 0 Å². The molecule has 0 bridgehead atoms. The molecule has 1 rings (SSSR count). The summed E-state index contributed by atoms with van der Waals surface area (Å²) >= 11 is 0. The van der Waals surface area contributed by atoms with E-state index in [2.05, 4.69) is 0 Å². The van der Waals surface area contributed by atoms with E-state index in [1.807, 2.05) is 6.08 Å². The Balaban J connectivity index is 3.01. The zero-order valence-corrected chi connectivity index (χ0v) is 9.06. The molecule has 0 fully saturated rings. The van der Waals surface area contributed by atoms with E-state index < -0.39 is 17.4 Å². The van der Waals surface area contributed by atoms with Crippen LogP contribution in [0.4, 0.5) is 0 Å². The first kappa shape index (κ1) is 12.5. The molecule has 0 aliphatic heterocycles. The lowest BCUT2D eigenvalue weighted by molar-refractivity contribution is -0.161. The number of hydrogen-bond acceptors (Lipinski definition) is 2. The van der Waals surface area contributed by atoms with E-state index in [1.54, 1.807) is 6.08 Å². The second-order valence-electron chi connectivity index (χ2n) is 3.97. The minimum atomic E-state index is -1.76. The molecule has 4 heteroatoms. The number of allylic oxidation sites excluding steroid dienone is 3. The first-order chi connectivity index (χ1) is 7.59. The van der Waals surface area contributed by atoms with Crippen molar-refractivity contribution in [3.63, 3.8) is 0 Å². The van der Waals surface area contributed by atoms with Crippen LogP contribution in [0.3, 0.4) is 0 Å². The van der Waals surface area contributed by atoms with Crippen molar-refractivity contribution >= 4 is 11.9 Å². The molecule has 0 aromatic heterocycles. The Morgan fingerprint density at radius 3 is 2.31 bits per heavy atom. The van der Waals surface area contributed by atoms with E-state index in [0.717, 1.165) is 19.3 Å². The van der Waals surface area contributed by atoms with E-state index in [4.69, 9.17) is 10.2 Å².